The summed E-state index contributed by atoms with van der Waals surface area (Å²) in [5.41, 5.74) is 3.50. The summed E-state index contributed by atoms with van der Waals surface area (Å²) >= 11 is 0. The van der Waals surface area contributed by atoms with Crippen molar-refractivity contribution in [3.63, 3.8) is 0 Å². The molecule has 0 bridgehead atoms. The maximum Gasteiger partial charge on any atom is 0.273 e. The molecule has 22 heavy (non-hydrogen) atoms. The lowest BCUT2D eigenvalue weighted by molar-refractivity contribution is 0.904. The van der Waals surface area contributed by atoms with Gasteiger partial charge in [0.2, 0.25) is 0 Å². The van der Waals surface area contributed by atoms with Crippen molar-refractivity contribution in [1.82, 2.24) is 24.6 Å². The molecule has 0 aliphatic rings. The predicted molar refractivity (Wildman–Crippen MR) is 82.3 cm³/mol. The molecule has 0 spiro atoms. The van der Waals surface area contributed by atoms with Gasteiger partial charge in [-0.25, -0.2) is 9.50 Å². The molecule has 0 saturated carbocycles. The van der Waals surface area contributed by atoms with E-state index in [2.05, 4.69) is 20.1 Å². The predicted octanol–water partition coefficient (Wildman–Crippen LogP) is 2.15. The lowest BCUT2D eigenvalue weighted by atomic mass is 10.2. The van der Waals surface area contributed by atoms with Gasteiger partial charge >= 0.3 is 0 Å². The quantitative estimate of drug-likeness (QED) is 0.613. The highest BCUT2D eigenvalue weighted by Crippen LogP contribution is 2.19. The van der Waals surface area contributed by atoms with Crippen LogP contribution in [0.25, 0.3) is 28.2 Å². The van der Waals surface area contributed by atoms with E-state index < -0.39 is 0 Å². The van der Waals surface area contributed by atoms with Crippen LogP contribution in [0.15, 0.2) is 66.0 Å². The minimum absolute atomic E-state index is 0.168. The first-order valence-electron chi connectivity index (χ1n) is 6.75. The summed E-state index contributed by atoms with van der Waals surface area (Å²) in [6.45, 7) is 0. The molecule has 0 fully saturated rings. The van der Waals surface area contributed by atoms with E-state index in [1.54, 1.807) is 24.8 Å². The van der Waals surface area contributed by atoms with E-state index in [0.717, 1.165) is 16.8 Å². The number of rotatable bonds is 2. The van der Waals surface area contributed by atoms with Gasteiger partial charge in [0.05, 0.1) is 11.4 Å². The van der Waals surface area contributed by atoms with Gasteiger partial charge in [-0.1, -0.05) is 0 Å². The standard InChI is InChI=1S/C16H11N5O/c22-16-8-13(11-3-1-5-17-9-11)19-15-7-14(20-21(15)16)12-4-2-6-18-10-12/h1-10,20H. The van der Waals surface area contributed by atoms with E-state index >= 15 is 0 Å². The van der Waals surface area contributed by atoms with Crippen molar-refractivity contribution in [2.75, 3.05) is 0 Å². The Bertz CT molecular complexity index is 989. The van der Waals surface area contributed by atoms with Gasteiger partial charge in [0.25, 0.3) is 5.56 Å². The molecule has 0 aromatic carbocycles. The van der Waals surface area contributed by atoms with Crippen molar-refractivity contribution >= 4 is 5.65 Å². The van der Waals surface area contributed by atoms with Crippen LogP contribution in [0.1, 0.15) is 0 Å². The van der Waals surface area contributed by atoms with Crippen molar-refractivity contribution in [2.24, 2.45) is 0 Å². The number of nitrogens with zero attached hydrogens (tertiary/aromatic N) is 4. The fraction of sp³-hybridized carbons (Fsp3) is 0. The van der Waals surface area contributed by atoms with Crippen molar-refractivity contribution in [1.29, 1.82) is 0 Å². The number of hydrogen-bond donors (Lipinski definition) is 1. The maximum absolute atomic E-state index is 12.3. The third-order valence-electron chi connectivity index (χ3n) is 3.38. The van der Waals surface area contributed by atoms with Gasteiger partial charge in [-0.15, -0.1) is 0 Å². The van der Waals surface area contributed by atoms with E-state index in [-0.39, 0.29) is 5.56 Å². The Kier molecular flexibility index (Phi) is 2.79. The van der Waals surface area contributed by atoms with Crippen molar-refractivity contribution in [3.8, 4) is 22.5 Å². The molecule has 0 aliphatic carbocycles. The number of fused-ring (bicyclic) bond motifs is 1. The van der Waals surface area contributed by atoms with Gasteiger partial charge < -0.3 is 0 Å². The zero-order valence-corrected chi connectivity index (χ0v) is 11.5. The molecule has 6 nitrogen and oxygen atoms in total. The van der Waals surface area contributed by atoms with Gasteiger partial charge in [-0.2, -0.15) is 0 Å². The van der Waals surface area contributed by atoms with Crippen molar-refractivity contribution in [3.05, 3.63) is 71.5 Å². The molecule has 4 rings (SSSR count). The molecule has 0 saturated heterocycles. The van der Waals surface area contributed by atoms with Crippen molar-refractivity contribution < 1.29 is 0 Å². The van der Waals surface area contributed by atoms with E-state index in [1.165, 1.54) is 10.6 Å². The summed E-state index contributed by atoms with van der Waals surface area (Å²) in [5.74, 6) is 0. The van der Waals surface area contributed by atoms with Gasteiger partial charge in [0.15, 0.2) is 5.65 Å². The number of nitrogens with one attached hydrogen (secondary N) is 1. The second-order valence-electron chi connectivity index (χ2n) is 4.83. The molecular formula is C16H11N5O. The molecule has 4 aromatic heterocycles. The Labute approximate surface area is 125 Å². The second kappa shape index (κ2) is 4.92. The highest BCUT2D eigenvalue weighted by molar-refractivity contribution is 5.66. The van der Waals surface area contributed by atoms with E-state index in [4.69, 9.17) is 0 Å². The monoisotopic (exact) mass is 289 g/mol. The summed E-state index contributed by atoms with van der Waals surface area (Å²) in [6.07, 6.45) is 6.81. The number of pyridine rings is 2. The second-order valence-corrected chi connectivity index (χ2v) is 4.83. The first kappa shape index (κ1) is 12.5. The summed E-state index contributed by atoms with van der Waals surface area (Å²) in [4.78, 5) is 24.9. The first-order chi connectivity index (χ1) is 10.8. The van der Waals surface area contributed by atoms with E-state index in [0.29, 0.717) is 11.3 Å². The molecule has 0 radical (unpaired) electrons. The minimum atomic E-state index is -0.168. The van der Waals surface area contributed by atoms with Gasteiger partial charge in [-0.05, 0) is 24.3 Å². The maximum atomic E-state index is 12.3. The van der Waals surface area contributed by atoms with Gasteiger partial charge in [0, 0.05) is 48.0 Å². The van der Waals surface area contributed by atoms with Crippen LogP contribution in [0, 0.1) is 0 Å². The highest BCUT2D eigenvalue weighted by atomic mass is 16.1. The molecule has 106 valence electrons. The molecule has 4 heterocycles. The third-order valence-corrected chi connectivity index (χ3v) is 3.38. The summed E-state index contributed by atoms with van der Waals surface area (Å²) in [5, 5.41) is 3.04. The number of aromatic amines is 1. The zero-order valence-electron chi connectivity index (χ0n) is 11.5. The third kappa shape index (κ3) is 2.07. The lowest BCUT2D eigenvalue weighted by Gasteiger charge is -1.99. The molecule has 0 amide bonds. The number of H-pyrrole nitrogens is 1. The summed E-state index contributed by atoms with van der Waals surface area (Å²) in [7, 11) is 0. The molecule has 4 aromatic rings. The normalized spacial score (nSPS) is 10.9. The van der Waals surface area contributed by atoms with Crippen LogP contribution in [0.2, 0.25) is 0 Å². The SMILES string of the molecule is O=c1cc(-c2cccnc2)nc2cc(-c3cccnc3)[nH]n12. The average molecular weight is 289 g/mol. The summed E-state index contributed by atoms with van der Waals surface area (Å²) in [6, 6.07) is 10.8. The van der Waals surface area contributed by atoms with Crippen LogP contribution in [0.3, 0.4) is 0 Å². The molecule has 6 heteroatoms. The number of hydrogen-bond acceptors (Lipinski definition) is 4. The Morgan fingerprint density at radius 3 is 2.36 bits per heavy atom. The Morgan fingerprint density at radius 1 is 0.955 bits per heavy atom. The Hall–Kier alpha value is -3.28. The van der Waals surface area contributed by atoms with Gasteiger partial charge in [-0.3, -0.25) is 19.9 Å². The summed E-state index contributed by atoms with van der Waals surface area (Å²) < 4.78 is 1.42. The smallest absolute Gasteiger partial charge is 0.273 e. The van der Waals surface area contributed by atoms with E-state index in [1.807, 2.05) is 30.3 Å². The molecule has 0 aliphatic heterocycles. The molecule has 0 unspecified atom stereocenters. The van der Waals surface area contributed by atoms with Crippen LogP contribution in [-0.2, 0) is 0 Å². The molecule has 0 atom stereocenters. The van der Waals surface area contributed by atoms with Crippen molar-refractivity contribution in [2.45, 2.75) is 0 Å². The largest absolute Gasteiger partial charge is 0.289 e. The Balaban J connectivity index is 1.91. The van der Waals surface area contributed by atoms with Crippen LogP contribution in [-0.4, -0.2) is 24.6 Å². The van der Waals surface area contributed by atoms with Crippen LogP contribution < -0.4 is 5.56 Å². The Morgan fingerprint density at radius 2 is 1.68 bits per heavy atom. The fourth-order valence-electron chi connectivity index (χ4n) is 2.32. The van der Waals surface area contributed by atoms with Crippen LogP contribution in [0.5, 0.6) is 0 Å². The lowest BCUT2D eigenvalue weighted by Crippen LogP contribution is -2.14. The van der Waals surface area contributed by atoms with Crippen LogP contribution in [0.4, 0.5) is 0 Å². The van der Waals surface area contributed by atoms with Gasteiger partial charge in [0.1, 0.15) is 0 Å². The highest BCUT2D eigenvalue weighted by Gasteiger charge is 2.09. The minimum Gasteiger partial charge on any atom is -0.289 e. The molecule has 1 N–H and O–H groups in total. The number of aromatic nitrogens is 5. The first-order valence-corrected chi connectivity index (χ1v) is 6.75. The molecular weight excluding hydrogens is 278 g/mol. The fourth-order valence-corrected chi connectivity index (χ4v) is 2.32. The van der Waals surface area contributed by atoms with E-state index in [9.17, 15) is 4.79 Å². The topological polar surface area (TPSA) is 75.9 Å². The average Bonchev–Trinajstić information content (AvgIpc) is 3.01. The van der Waals surface area contributed by atoms with Crippen LogP contribution >= 0.6 is 0 Å². The zero-order chi connectivity index (χ0) is 14.9.